The van der Waals surface area contributed by atoms with Gasteiger partial charge in [0.15, 0.2) is 0 Å². The van der Waals surface area contributed by atoms with Gasteiger partial charge in [0.1, 0.15) is 19.0 Å². The number of benzene rings is 1. The van der Waals surface area contributed by atoms with Gasteiger partial charge >= 0.3 is 0 Å². The largest absolute Gasteiger partial charge is 0.391 e. The van der Waals surface area contributed by atoms with Crippen molar-refractivity contribution in [2.45, 2.75) is 31.6 Å². The molecule has 1 N–H and O–H groups in total. The normalized spacial score (nSPS) is 20.4. The van der Waals surface area contributed by atoms with E-state index in [1.165, 1.54) is 0 Å². The number of aryl methyl sites for hydroxylation is 1. The summed E-state index contributed by atoms with van der Waals surface area (Å²) in [7, 11) is 1.95. The Kier molecular flexibility index (Phi) is 5.40. The number of imidazole rings is 2. The second-order valence-electron chi connectivity index (χ2n) is 7.17. The minimum absolute atomic E-state index is 0.00897. The van der Waals surface area contributed by atoms with Crippen molar-refractivity contribution in [3.63, 3.8) is 0 Å². The van der Waals surface area contributed by atoms with Gasteiger partial charge in [0.25, 0.3) is 0 Å². The lowest BCUT2D eigenvalue weighted by atomic mass is 10.1. The van der Waals surface area contributed by atoms with Gasteiger partial charge in [-0.15, -0.1) is 0 Å². The second-order valence-corrected chi connectivity index (χ2v) is 7.17. The summed E-state index contributed by atoms with van der Waals surface area (Å²) in [6, 6.07) is 7.85. The lowest BCUT2D eigenvalue weighted by Crippen LogP contribution is -2.35. The molecule has 1 saturated heterocycles. The fraction of sp³-hybridized carbons (Fsp3) is 0.450. The molecule has 8 nitrogen and oxygen atoms in total. The van der Waals surface area contributed by atoms with Crippen molar-refractivity contribution >= 4 is 16.9 Å². The van der Waals surface area contributed by atoms with Crippen LogP contribution in [0.5, 0.6) is 0 Å². The van der Waals surface area contributed by atoms with Crippen molar-refractivity contribution in [1.82, 2.24) is 24.0 Å². The van der Waals surface area contributed by atoms with Gasteiger partial charge < -0.3 is 23.9 Å². The minimum Gasteiger partial charge on any atom is -0.391 e. The summed E-state index contributed by atoms with van der Waals surface area (Å²) in [6.07, 6.45) is 6.01. The van der Waals surface area contributed by atoms with Crippen LogP contribution in [-0.2, 0) is 23.2 Å². The lowest BCUT2D eigenvalue weighted by Gasteiger charge is -2.21. The predicted octanol–water partition coefficient (Wildman–Crippen LogP) is 1.51. The van der Waals surface area contributed by atoms with Crippen LogP contribution >= 0.6 is 0 Å². The summed E-state index contributed by atoms with van der Waals surface area (Å²) >= 11 is 0. The van der Waals surface area contributed by atoms with Gasteiger partial charge in [-0.25, -0.2) is 9.97 Å². The van der Waals surface area contributed by atoms with E-state index in [-0.39, 0.29) is 25.2 Å². The summed E-state index contributed by atoms with van der Waals surface area (Å²) in [4.78, 5) is 23.0. The summed E-state index contributed by atoms with van der Waals surface area (Å²) in [5.41, 5.74) is 1.96. The van der Waals surface area contributed by atoms with Crippen LogP contribution in [0.3, 0.4) is 0 Å². The molecule has 1 aliphatic heterocycles. The molecule has 1 fully saturated rings. The van der Waals surface area contributed by atoms with Gasteiger partial charge in [0, 0.05) is 32.5 Å². The van der Waals surface area contributed by atoms with E-state index in [1.54, 1.807) is 17.4 Å². The Morgan fingerprint density at radius 1 is 1.29 bits per heavy atom. The molecule has 0 unspecified atom stereocenters. The molecule has 1 aromatic carbocycles. The molecule has 0 spiro atoms. The van der Waals surface area contributed by atoms with E-state index >= 15 is 0 Å². The molecule has 0 saturated carbocycles. The highest BCUT2D eigenvalue weighted by Crippen LogP contribution is 2.23. The SMILES string of the molecule is Cn1c(COCC(=O)N2CC[C@H](O)[C@@H](n3ccnc3)CC2)nc2ccccc21. The maximum atomic E-state index is 12.6. The van der Waals surface area contributed by atoms with Crippen LogP contribution in [0, 0.1) is 0 Å². The Hall–Kier alpha value is -2.71. The molecular formula is C20H25N5O3. The maximum absolute atomic E-state index is 12.6. The number of nitrogens with zero attached hydrogens (tertiary/aromatic N) is 5. The number of hydrogen-bond donors (Lipinski definition) is 1. The number of carbonyl (C=O) groups is 1. The van der Waals surface area contributed by atoms with Crippen LogP contribution in [0.4, 0.5) is 0 Å². The third-order valence-electron chi connectivity index (χ3n) is 5.43. The van der Waals surface area contributed by atoms with Crippen molar-refractivity contribution in [3.8, 4) is 0 Å². The topological polar surface area (TPSA) is 85.4 Å². The van der Waals surface area contributed by atoms with Crippen LogP contribution in [0.1, 0.15) is 24.7 Å². The van der Waals surface area contributed by atoms with Crippen LogP contribution in [0.15, 0.2) is 43.0 Å². The molecule has 0 bridgehead atoms. The molecule has 28 heavy (non-hydrogen) atoms. The molecule has 0 radical (unpaired) electrons. The van der Waals surface area contributed by atoms with Crippen LogP contribution in [0.2, 0.25) is 0 Å². The van der Waals surface area contributed by atoms with Crippen molar-refractivity contribution in [2.24, 2.45) is 7.05 Å². The van der Waals surface area contributed by atoms with E-state index in [4.69, 9.17) is 4.74 Å². The maximum Gasteiger partial charge on any atom is 0.248 e. The van der Waals surface area contributed by atoms with E-state index in [1.807, 2.05) is 46.6 Å². The van der Waals surface area contributed by atoms with Crippen LogP contribution < -0.4 is 0 Å². The molecule has 2 atom stereocenters. The molecule has 0 aliphatic carbocycles. The summed E-state index contributed by atoms with van der Waals surface area (Å²) in [5.74, 6) is 0.734. The Morgan fingerprint density at radius 3 is 2.89 bits per heavy atom. The van der Waals surface area contributed by atoms with Gasteiger partial charge in [-0.3, -0.25) is 4.79 Å². The second kappa shape index (κ2) is 8.12. The van der Waals surface area contributed by atoms with Crippen LogP contribution in [0.25, 0.3) is 11.0 Å². The molecule has 1 amide bonds. The Bertz CT molecular complexity index is 937. The Labute approximate surface area is 163 Å². The zero-order valence-electron chi connectivity index (χ0n) is 15.9. The zero-order chi connectivity index (χ0) is 19.5. The first-order valence-corrected chi connectivity index (χ1v) is 9.55. The minimum atomic E-state index is -0.493. The Balaban J connectivity index is 1.32. The molecule has 8 heteroatoms. The third kappa shape index (κ3) is 3.79. The van der Waals surface area contributed by atoms with E-state index in [9.17, 15) is 9.90 Å². The predicted molar refractivity (Wildman–Crippen MR) is 103 cm³/mol. The van der Waals surface area contributed by atoms with E-state index in [0.29, 0.717) is 25.9 Å². The third-order valence-corrected chi connectivity index (χ3v) is 5.43. The first kappa shape index (κ1) is 18.6. The lowest BCUT2D eigenvalue weighted by molar-refractivity contribution is -0.136. The number of aromatic nitrogens is 4. The average molecular weight is 383 g/mol. The van der Waals surface area contributed by atoms with E-state index in [2.05, 4.69) is 9.97 Å². The quantitative estimate of drug-likeness (QED) is 0.722. The number of aliphatic hydroxyl groups is 1. The molecule has 1 aliphatic rings. The first-order chi connectivity index (χ1) is 13.6. The number of fused-ring (bicyclic) bond motifs is 1. The summed E-state index contributed by atoms with van der Waals surface area (Å²) in [5, 5.41) is 10.4. The number of likely N-dealkylation sites (tertiary alicyclic amines) is 1. The smallest absolute Gasteiger partial charge is 0.248 e. The number of carbonyl (C=O) groups excluding carboxylic acids is 1. The zero-order valence-corrected chi connectivity index (χ0v) is 15.9. The standard InChI is InChI=1S/C20H25N5O3/c1-23-16-5-3-2-4-15(16)22-19(23)12-28-13-20(27)24-9-6-17(18(26)7-10-24)25-11-8-21-14-25/h2-5,8,11,14,17-18,26H,6-7,9-10,12-13H2,1H3/t17-,18-/m0/s1. The number of aliphatic hydroxyl groups excluding tert-OH is 1. The molecule has 3 aromatic rings. The molecule has 2 aromatic heterocycles. The van der Waals surface area contributed by atoms with Crippen molar-refractivity contribution in [2.75, 3.05) is 19.7 Å². The molecule has 3 heterocycles. The van der Waals surface area contributed by atoms with E-state index < -0.39 is 6.10 Å². The summed E-state index contributed by atoms with van der Waals surface area (Å²) in [6.45, 7) is 1.41. The highest BCUT2D eigenvalue weighted by molar-refractivity contribution is 5.77. The van der Waals surface area contributed by atoms with Gasteiger partial charge in [-0.1, -0.05) is 12.1 Å². The van der Waals surface area contributed by atoms with Crippen molar-refractivity contribution in [1.29, 1.82) is 0 Å². The number of para-hydroxylation sites is 2. The van der Waals surface area contributed by atoms with Gasteiger partial charge in [0.2, 0.25) is 5.91 Å². The first-order valence-electron chi connectivity index (χ1n) is 9.55. The number of amides is 1. The van der Waals surface area contributed by atoms with Gasteiger partial charge in [-0.2, -0.15) is 0 Å². The molecule has 148 valence electrons. The summed E-state index contributed by atoms with van der Waals surface area (Å²) < 4.78 is 9.56. The van der Waals surface area contributed by atoms with Gasteiger partial charge in [-0.05, 0) is 25.0 Å². The average Bonchev–Trinajstić information content (AvgIpc) is 3.28. The van der Waals surface area contributed by atoms with E-state index in [0.717, 1.165) is 16.9 Å². The Morgan fingerprint density at radius 2 is 2.11 bits per heavy atom. The van der Waals surface area contributed by atoms with Crippen molar-refractivity contribution < 1.29 is 14.6 Å². The van der Waals surface area contributed by atoms with Crippen molar-refractivity contribution in [3.05, 3.63) is 48.8 Å². The number of rotatable bonds is 5. The highest BCUT2D eigenvalue weighted by Gasteiger charge is 2.27. The number of ether oxygens (including phenoxy) is 1. The molecular weight excluding hydrogens is 358 g/mol. The number of hydrogen-bond acceptors (Lipinski definition) is 5. The van der Waals surface area contributed by atoms with Gasteiger partial charge in [0.05, 0.1) is 29.5 Å². The van der Waals surface area contributed by atoms with Crippen LogP contribution in [-0.4, -0.2) is 60.8 Å². The monoisotopic (exact) mass is 383 g/mol. The molecule has 4 rings (SSSR count). The fourth-order valence-electron chi connectivity index (χ4n) is 3.78. The fourth-order valence-corrected chi connectivity index (χ4v) is 3.78. The highest BCUT2D eigenvalue weighted by atomic mass is 16.5.